The number of fused-ring (bicyclic) bond motifs is 2. The Labute approximate surface area is 248 Å². The third-order valence-electron chi connectivity index (χ3n) is 9.12. The average molecular weight is 572 g/mol. The molecular formula is C32H41N7O3. The van der Waals surface area contributed by atoms with Crippen LogP contribution in [0.3, 0.4) is 0 Å². The lowest BCUT2D eigenvalue weighted by Gasteiger charge is -2.42. The molecule has 0 bridgehead atoms. The van der Waals surface area contributed by atoms with Crippen molar-refractivity contribution in [2.45, 2.75) is 51.1 Å². The van der Waals surface area contributed by atoms with Gasteiger partial charge in [-0.3, -0.25) is 9.69 Å². The maximum absolute atomic E-state index is 12.5. The second-order valence-corrected chi connectivity index (χ2v) is 11.7. The summed E-state index contributed by atoms with van der Waals surface area (Å²) in [5.41, 5.74) is 6.33. The van der Waals surface area contributed by atoms with Crippen LogP contribution >= 0.6 is 0 Å². The fourth-order valence-electron chi connectivity index (χ4n) is 6.91. The van der Waals surface area contributed by atoms with E-state index in [0.717, 1.165) is 76.6 Å². The largest absolute Gasteiger partial charge is 0.462 e. The Morgan fingerprint density at radius 2 is 2.05 bits per heavy atom. The number of anilines is 2. The molecule has 3 aliphatic heterocycles. The van der Waals surface area contributed by atoms with Crippen LogP contribution in [-0.4, -0.2) is 103 Å². The highest BCUT2D eigenvalue weighted by Crippen LogP contribution is 2.37. The summed E-state index contributed by atoms with van der Waals surface area (Å²) in [6, 6.07) is 9.65. The Morgan fingerprint density at radius 1 is 1.19 bits per heavy atom. The molecule has 4 heterocycles. The van der Waals surface area contributed by atoms with Crippen LogP contribution in [0.1, 0.15) is 35.2 Å². The van der Waals surface area contributed by atoms with Gasteiger partial charge in [0, 0.05) is 69.5 Å². The summed E-state index contributed by atoms with van der Waals surface area (Å²) in [6.07, 6.45) is 5.45. The van der Waals surface area contributed by atoms with Crippen molar-refractivity contribution in [2.75, 3.05) is 75.4 Å². The van der Waals surface area contributed by atoms with Gasteiger partial charge in [0.1, 0.15) is 12.4 Å². The Balaban J connectivity index is 1.25. The lowest BCUT2D eigenvalue weighted by Crippen LogP contribution is -2.55. The number of nitrogens with zero attached hydrogens (tertiary/aromatic N) is 7. The summed E-state index contributed by atoms with van der Waals surface area (Å²) in [5, 5.41) is 9.51. The van der Waals surface area contributed by atoms with Crippen molar-refractivity contribution >= 4 is 17.4 Å². The monoisotopic (exact) mass is 571 g/mol. The van der Waals surface area contributed by atoms with E-state index in [1.54, 1.807) is 4.90 Å². The minimum absolute atomic E-state index is 0.129. The maximum atomic E-state index is 12.5. The van der Waals surface area contributed by atoms with E-state index >= 15 is 0 Å². The zero-order valence-corrected chi connectivity index (χ0v) is 24.6. The van der Waals surface area contributed by atoms with Gasteiger partial charge in [0.25, 0.3) is 0 Å². The zero-order chi connectivity index (χ0) is 29.1. The first-order chi connectivity index (χ1) is 20.5. The van der Waals surface area contributed by atoms with E-state index in [9.17, 15) is 10.1 Å². The number of hydrogen-bond donors (Lipinski definition) is 0. The second-order valence-electron chi connectivity index (χ2n) is 11.7. The van der Waals surface area contributed by atoms with Crippen LogP contribution in [-0.2, 0) is 28.8 Å². The van der Waals surface area contributed by atoms with Crippen LogP contribution in [0.2, 0.25) is 0 Å². The highest BCUT2D eigenvalue weighted by Gasteiger charge is 2.35. The van der Waals surface area contributed by atoms with Gasteiger partial charge in [-0.15, -0.1) is 0 Å². The maximum Gasteiger partial charge on any atom is 0.318 e. The first kappa shape index (κ1) is 28.4. The number of ether oxygens (including phenoxy) is 2. The number of rotatable bonds is 8. The SMILES string of the molecule is C=CC(=O)N1CCN(c2nc(OCCN3CCOCC3)nc3c2CCC(N2CCc4cc(C)ccc42)C3)C[C@@H]1CC#N. The van der Waals surface area contributed by atoms with Crippen molar-refractivity contribution in [1.82, 2.24) is 19.8 Å². The van der Waals surface area contributed by atoms with Gasteiger partial charge in [-0.25, -0.2) is 0 Å². The van der Waals surface area contributed by atoms with Crippen molar-refractivity contribution in [3.05, 3.63) is 53.2 Å². The molecule has 2 atom stereocenters. The van der Waals surface area contributed by atoms with Gasteiger partial charge < -0.3 is 24.2 Å². The topological polar surface area (TPSA) is 98.1 Å². The third-order valence-corrected chi connectivity index (χ3v) is 9.12. The summed E-state index contributed by atoms with van der Waals surface area (Å²) in [5.74, 6) is 0.765. The summed E-state index contributed by atoms with van der Waals surface area (Å²) < 4.78 is 11.7. The molecule has 42 heavy (non-hydrogen) atoms. The van der Waals surface area contributed by atoms with Crippen LogP contribution in [0.15, 0.2) is 30.9 Å². The predicted molar refractivity (Wildman–Crippen MR) is 161 cm³/mol. The van der Waals surface area contributed by atoms with Crippen LogP contribution in [0, 0.1) is 18.3 Å². The Hall–Kier alpha value is -3.68. The quantitative estimate of drug-likeness (QED) is 0.443. The average Bonchev–Trinajstić information content (AvgIpc) is 3.43. The van der Waals surface area contributed by atoms with Crippen LogP contribution in [0.5, 0.6) is 6.01 Å². The van der Waals surface area contributed by atoms with Gasteiger partial charge >= 0.3 is 6.01 Å². The highest BCUT2D eigenvalue weighted by atomic mass is 16.5. The summed E-state index contributed by atoms with van der Waals surface area (Å²) in [6.45, 7) is 13.2. The van der Waals surface area contributed by atoms with E-state index in [4.69, 9.17) is 19.4 Å². The molecular weight excluding hydrogens is 530 g/mol. The number of aromatic nitrogens is 2. The van der Waals surface area contributed by atoms with Crippen LogP contribution in [0.4, 0.5) is 11.5 Å². The molecule has 4 aliphatic rings. The van der Waals surface area contributed by atoms with E-state index in [0.29, 0.717) is 38.3 Å². The number of hydrogen-bond acceptors (Lipinski definition) is 9. The number of nitriles is 1. The molecule has 1 aliphatic carbocycles. The molecule has 2 saturated heterocycles. The minimum Gasteiger partial charge on any atom is -0.462 e. The van der Waals surface area contributed by atoms with Crippen molar-refractivity contribution in [3.8, 4) is 12.1 Å². The van der Waals surface area contributed by atoms with Crippen molar-refractivity contribution in [1.29, 1.82) is 5.26 Å². The lowest BCUT2D eigenvalue weighted by molar-refractivity contribution is -0.128. The van der Waals surface area contributed by atoms with Crippen molar-refractivity contribution in [3.63, 3.8) is 0 Å². The van der Waals surface area contributed by atoms with Gasteiger partial charge in [-0.2, -0.15) is 15.2 Å². The molecule has 1 aromatic heterocycles. The zero-order valence-electron chi connectivity index (χ0n) is 24.6. The third kappa shape index (κ3) is 5.94. The highest BCUT2D eigenvalue weighted by molar-refractivity contribution is 5.87. The molecule has 2 fully saturated rings. The second kappa shape index (κ2) is 12.7. The number of piperazine rings is 1. The molecule has 0 saturated carbocycles. The molecule has 1 unspecified atom stereocenters. The molecule has 1 amide bonds. The lowest BCUT2D eigenvalue weighted by atomic mass is 9.90. The normalized spacial score (nSPS) is 22.3. The van der Waals surface area contributed by atoms with E-state index in [2.05, 4.69) is 52.5 Å². The van der Waals surface area contributed by atoms with Crippen LogP contribution in [0.25, 0.3) is 0 Å². The number of benzene rings is 1. The first-order valence-electron chi connectivity index (χ1n) is 15.3. The Bertz CT molecular complexity index is 1350. The van der Waals surface area contributed by atoms with Gasteiger partial charge in [-0.05, 0) is 43.9 Å². The smallest absolute Gasteiger partial charge is 0.318 e. The van der Waals surface area contributed by atoms with Crippen molar-refractivity contribution < 1.29 is 14.3 Å². The number of carbonyl (C=O) groups excluding carboxylic acids is 1. The minimum atomic E-state index is -0.216. The van der Waals surface area contributed by atoms with Gasteiger partial charge in [0.2, 0.25) is 5.91 Å². The summed E-state index contributed by atoms with van der Waals surface area (Å²) in [4.78, 5) is 31.4. The van der Waals surface area contributed by atoms with E-state index in [1.807, 2.05) is 0 Å². The molecule has 6 rings (SSSR count). The number of carbonyl (C=O) groups is 1. The standard InChI is InChI=1S/C32H41N7O3/c1-3-30(40)39-13-12-37(22-26(39)8-10-33)31-27-6-5-25(38-11-9-24-20-23(2)4-7-29(24)38)21-28(27)34-32(35-31)42-19-16-36-14-17-41-18-15-36/h3-4,7,20,25-26H,1,5-6,8-9,11-19,21-22H2,2H3/t25?,26-/m0/s1. The summed E-state index contributed by atoms with van der Waals surface area (Å²) >= 11 is 0. The van der Waals surface area contributed by atoms with Gasteiger partial charge in [0.05, 0.1) is 37.4 Å². The molecule has 1 aromatic carbocycles. The molecule has 222 valence electrons. The van der Waals surface area contributed by atoms with E-state index in [1.165, 1.54) is 28.5 Å². The van der Waals surface area contributed by atoms with Gasteiger partial charge in [0.15, 0.2) is 0 Å². The predicted octanol–water partition coefficient (Wildman–Crippen LogP) is 2.53. The fourth-order valence-corrected chi connectivity index (χ4v) is 6.91. The molecule has 0 radical (unpaired) electrons. The fraction of sp³-hybridized carbons (Fsp3) is 0.562. The molecule has 10 heteroatoms. The number of morpholine rings is 1. The van der Waals surface area contributed by atoms with E-state index in [-0.39, 0.29) is 18.4 Å². The van der Waals surface area contributed by atoms with Crippen molar-refractivity contribution in [2.24, 2.45) is 0 Å². The Kier molecular flexibility index (Phi) is 8.58. The molecule has 2 aromatic rings. The van der Waals surface area contributed by atoms with Crippen LogP contribution < -0.4 is 14.5 Å². The van der Waals surface area contributed by atoms with E-state index < -0.39 is 0 Å². The number of amides is 1. The Morgan fingerprint density at radius 3 is 2.86 bits per heavy atom. The molecule has 10 nitrogen and oxygen atoms in total. The molecule has 0 N–H and O–H groups in total. The molecule has 0 spiro atoms. The number of aryl methyl sites for hydroxylation is 1. The summed E-state index contributed by atoms with van der Waals surface area (Å²) in [7, 11) is 0. The van der Waals surface area contributed by atoms with Gasteiger partial charge in [-0.1, -0.05) is 24.3 Å². The first-order valence-corrected chi connectivity index (χ1v) is 15.3.